The molecule has 1 saturated carbocycles. The molecule has 0 spiro atoms. The van der Waals surface area contributed by atoms with Crippen molar-refractivity contribution in [2.24, 2.45) is 0 Å². The van der Waals surface area contributed by atoms with Gasteiger partial charge in [-0.05, 0) is 28.8 Å². The molecule has 5 nitrogen and oxygen atoms in total. The van der Waals surface area contributed by atoms with E-state index in [1.165, 1.54) is 0 Å². The number of halogens is 4. The Morgan fingerprint density at radius 1 is 1.45 bits per heavy atom. The van der Waals surface area contributed by atoms with Crippen molar-refractivity contribution >= 4 is 26.0 Å². The van der Waals surface area contributed by atoms with Crippen molar-refractivity contribution in [2.45, 2.75) is 36.6 Å². The highest BCUT2D eigenvalue weighted by atomic mass is 79.9. The van der Waals surface area contributed by atoms with Crippen LogP contribution in [0.15, 0.2) is 20.0 Å². The number of furan rings is 1. The van der Waals surface area contributed by atoms with Gasteiger partial charge in [-0.1, -0.05) is 0 Å². The molecule has 0 unspecified atom stereocenters. The van der Waals surface area contributed by atoms with Crippen LogP contribution in [0.5, 0.6) is 0 Å². The topological polar surface area (TPSA) is 70.8 Å². The Morgan fingerprint density at radius 3 is 2.45 bits per heavy atom. The molecular weight excluding hydrogens is 367 g/mol. The summed E-state index contributed by atoms with van der Waals surface area (Å²) in [6.07, 6.45) is -3.82. The molecule has 0 bridgehead atoms. The first-order valence-electron chi connectivity index (χ1n) is 5.63. The molecule has 1 aliphatic carbocycles. The molecule has 114 valence electrons. The van der Waals surface area contributed by atoms with Crippen molar-refractivity contribution in [2.75, 3.05) is 6.54 Å². The van der Waals surface area contributed by atoms with Gasteiger partial charge in [0.1, 0.15) is 23.8 Å². The fourth-order valence-electron chi connectivity index (χ4n) is 1.73. The molecule has 0 aliphatic heterocycles. The largest absolute Gasteiger partial charge is 0.450 e. The zero-order chi connectivity index (χ0) is 15.1. The SMILES string of the molecule is O=S(=O)(c1cc(CO)oc1Br)N(CC(F)(F)F)C1CC1. The zero-order valence-electron chi connectivity index (χ0n) is 10.0. The van der Waals surface area contributed by atoms with Gasteiger partial charge in [0, 0.05) is 12.1 Å². The minimum absolute atomic E-state index is 0.0433. The molecule has 1 aromatic heterocycles. The number of alkyl halides is 3. The van der Waals surface area contributed by atoms with Crippen LogP contribution in [-0.2, 0) is 16.6 Å². The van der Waals surface area contributed by atoms with Crippen LogP contribution in [0.1, 0.15) is 18.6 Å². The van der Waals surface area contributed by atoms with E-state index in [-0.39, 0.29) is 10.4 Å². The smallest absolute Gasteiger partial charge is 0.402 e. The third-order valence-corrected chi connectivity index (χ3v) is 5.49. The highest BCUT2D eigenvalue weighted by molar-refractivity contribution is 9.10. The minimum Gasteiger partial charge on any atom is -0.450 e. The van der Waals surface area contributed by atoms with Gasteiger partial charge < -0.3 is 9.52 Å². The van der Waals surface area contributed by atoms with Crippen molar-refractivity contribution in [1.29, 1.82) is 0 Å². The average molecular weight is 378 g/mol. The van der Waals surface area contributed by atoms with Crippen molar-refractivity contribution < 1.29 is 31.1 Å². The summed E-state index contributed by atoms with van der Waals surface area (Å²) in [6.45, 7) is -2.08. The maximum absolute atomic E-state index is 12.5. The normalized spacial score (nSPS) is 16.9. The van der Waals surface area contributed by atoms with Crippen LogP contribution in [0.4, 0.5) is 13.2 Å². The standard InChI is InChI=1S/C10H11BrF3NO4S/c11-9-8(3-7(4-16)19-9)20(17,18)15(6-1-2-6)5-10(12,13)14/h3,6,16H,1-2,4-5H2. The Bertz CT molecular complexity index is 594. The van der Waals surface area contributed by atoms with Gasteiger partial charge in [0.05, 0.1) is 0 Å². The summed E-state index contributed by atoms with van der Waals surface area (Å²) in [6, 6.07) is 0.381. The van der Waals surface area contributed by atoms with Gasteiger partial charge in [0.2, 0.25) is 10.0 Å². The first-order valence-corrected chi connectivity index (χ1v) is 7.86. The molecule has 0 saturated heterocycles. The molecule has 1 aliphatic rings. The number of hydrogen-bond acceptors (Lipinski definition) is 4. The second kappa shape index (κ2) is 5.32. The number of hydrogen-bond donors (Lipinski definition) is 1. The lowest BCUT2D eigenvalue weighted by atomic mass is 10.5. The maximum atomic E-state index is 12.5. The number of rotatable bonds is 5. The van der Waals surface area contributed by atoms with E-state index < -0.39 is 40.3 Å². The van der Waals surface area contributed by atoms with Crippen LogP contribution < -0.4 is 0 Å². The summed E-state index contributed by atoms with van der Waals surface area (Å²) < 4.78 is 67.3. The third kappa shape index (κ3) is 3.35. The van der Waals surface area contributed by atoms with Gasteiger partial charge in [-0.15, -0.1) is 0 Å². The number of aliphatic hydroxyl groups excluding tert-OH is 1. The van der Waals surface area contributed by atoms with E-state index in [0.29, 0.717) is 17.1 Å². The molecule has 1 heterocycles. The highest BCUT2D eigenvalue weighted by Gasteiger charge is 2.45. The summed E-state index contributed by atoms with van der Waals surface area (Å²) in [7, 11) is -4.33. The molecular formula is C10H11BrF3NO4S. The number of aliphatic hydroxyl groups is 1. The van der Waals surface area contributed by atoms with E-state index in [4.69, 9.17) is 9.52 Å². The molecule has 0 amide bonds. The van der Waals surface area contributed by atoms with Crippen molar-refractivity contribution in [3.63, 3.8) is 0 Å². The summed E-state index contributed by atoms with van der Waals surface area (Å²) >= 11 is 2.85. The molecule has 2 rings (SSSR count). The zero-order valence-corrected chi connectivity index (χ0v) is 12.4. The van der Waals surface area contributed by atoms with Crippen LogP contribution in [0, 0.1) is 0 Å². The van der Waals surface area contributed by atoms with Gasteiger partial charge in [0.15, 0.2) is 4.67 Å². The van der Waals surface area contributed by atoms with Crippen LogP contribution >= 0.6 is 15.9 Å². The summed E-state index contributed by atoms with van der Waals surface area (Å²) in [5, 5.41) is 8.88. The quantitative estimate of drug-likeness (QED) is 0.854. The molecule has 1 aromatic rings. The first kappa shape index (κ1) is 15.8. The van der Waals surface area contributed by atoms with Crippen molar-refractivity contribution in [3.05, 3.63) is 16.5 Å². The van der Waals surface area contributed by atoms with Crippen molar-refractivity contribution in [3.8, 4) is 0 Å². The van der Waals surface area contributed by atoms with E-state index in [2.05, 4.69) is 15.9 Å². The fraction of sp³-hybridized carbons (Fsp3) is 0.600. The van der Waals surface area contributed by atoms with Gasteiger partial charge in [-0.2, -0.15) is 17.5 Å². The lowest BCUT2D eigenvalue weighted by Crippen LogP contribution is -2.40. The van der Waals surface area contributed by atoms with E-state index >= 15 is 0 Å². The van der Waals surface area contributed by atoms with E-state index in [1.807, 2.05) is 0 Å². The summed E-state index contributed by atoms with van der Waals surface area (Å²) in [4.78, 5) is -0.405. The first-order chi connectivity index (χ1) is 9.15. The average Bonchev–Trinajstić information content (AvgIpc) is 3.07. The minimum atomic E-state index is -4.62. The fourth-order valence-corrected chi connectivity index (χ4v) is 4.36. The Kier molecular flexibility index (Phi) is 4.20. The Hall–Kier alpha value is -0.580. The Labute approximate surface area is 121 Å². The molecule has 0 radical (unpaired) electrons. The molecule has 20 heavy (non-hydrogen) atoms. The summed E-state index contributed by atoms with van der Waals surface area (Å²) in [5.41, 5.74) is 0. The lowest BCUT2D eigenvalue weighted by molar-refractivity contribution is -0.137. The van der Waals surface area contributed by atoms with Crippen LogP contribution in [-0.4, -0.2) is 36.6 Å². The van der Waals surface area contributed by atoms with Crippen LogP contribution in [0.2, 0.25) is 0 Å². The molecule has 0 aromatic carbocycles. The molecule has 10 heteroatoms. The molecule has 1 N–H and O–H groups in total. The third-order valence-electron chi connectivity index (χ3n) is 2.74. The van der Waals surface area contributed by atoms with E-state index in [0.717, 1.165) is 6.07 Å². The van der Waals surface area contributed by atoms with Crippen LogP contribution in [0.3, 0.4) is 0 Å². The number of nitrogens with zero attached hydrogens (tertiary/aromatic N) is 1. The second-order valence-electron chi connectivity index (χ2n) is 4.41. The molecule has 1 fully saturated rings. The monoisotopic (exact) mass is 377 g/mol. The number of sulfonamides is 1. The van der Waals surface area contributed by atoms with Crippen LogP contribution in [0.25, 0.3) is 0 Å². The predicted octanol–water partition coefficient (Wildman–Crippen LogP) is 2.25. The van der Waals surface area contributed by atoms with Gasteiger partial charge in [-0.25, -0.2) is 8.42 Å². The van der Waals surface area contributed by atoms with Gasteiger partial charge in [0.25, 0.3) is 0 Å². The Morgan fingerprint density at radius 2 is 2.05 bits per heavy atom. The summed E-state index contributed by atoms with van der Waals surface area (Å²) in [5.74, 6) is -0.0433. The lowest BCUT2D eigenvalue weighted by Gasteiger charge is -2.22. The van der Waals surface area contributed by atoms with Gasteiger partial charge in [-0.3, -0.25) is 0 Å². The van der Waals surface area contributed by atoms with Gasteiger partial charge >= 0.3 is 6.18 Å². The maximum Gasteiger partial charge on any atom is 0.402 e. The molecule has 0 atom stereocenters. The Balaban J connectivity index is 2.37. The predicted molar refractivity (Wildman–Crippen MR) is 65.3 cm³/mol. The van der Waals surface area contributed by atoms with E-state index in [9.17, 15) is 21.6 Å². The second-order valence-corrected chi connectivity index (χ2v) is 6.98. The van der Waals surface area contributed by atoms with Crippen molar-refractivity contribution in [1.82, 2.24) is 4.31 Å². The highest BCUT2D eigenvalue weighted by Crippen LogP contribution is 2.37. The van der Waals surface area contributed by atoms with E-state index in [1.54, 1.807) is 0 Å².